The minimum Gasteiger partial charge on any atom is -0.0631 e. The zero-order chi connectivity index (χ0) is 18.6. The van der Waals surface area contributed by atoms with Gasteiger partial charge in [-0.2, -0.15) is 0 Å². The van der Waals surface area contributed by atoms with Crippen molar-refractivity contribution in [3.05, 3.63) is 35.4 Å². The number of aryl methyl sites for hydroxylation is 1. The molecule has 1 aromatic rings. The summed E-state index contributed by atoms with van der Waals surface area (Å²) >= 11 is 0. The van der Waals surface area contributed by atoms with Crippen LogP contribution in [-0.2, 0) is 0 Å². The van der Waals surface area contributed by atoms with Crippen molar-refractivity contribution in [2.24, 2.45) is 29.6 Å². The highest BCUT2D eigenvalue weighted by atomic mass is 28.1. The van der Waals surface area contributed by atoms with Crippen LogP contribution in [0.25, 0.3) is 0 Å². The molecule has 150 valence electrons. The van der Waals surface area contributed by atoms with Crippen molar-refractivity contribution in [3.8, 4) is 0 Å². The van der Waals surface area contributed by atoms with Crippen LogP contribution in [0.3, 0.4) is 0 Å². The van der Waals surface area contributed by atoms with Gasteiger partial charge in [-0.1, -0.05) is 48.7 Å². The number of benzene rings is 1. The van der Waals surface area contributed by atoms with Gasteiger partial charge in [0.05, 0.1) is 0 Å². The van der Waals surface area contributed by atoms with E-state index < -0.39 is 0 Å². The Balaban J connectivity index is 1.21. The van der Waals surface area contributed by atoms with E-state index >= 15 is 0 Å². The highest BCUT2D eigenvalue weighted by Gasteiger charge is 2.34. The maximum absolute atomic E-state index is 2.39. The van der Waals surface area contributed by atoms with Gasteiger partial charge in [0.2, 0.25) is 0 Å². The second-order valence-electron chi connectivity index (χ2n) is 10.4. The Morgan fingerprint density at radius 2 is 1.04 bits per heavy atom. The quantitative estimate of drug-likeness (QED) is 0.510. The SMILES string of the molecule is Cc1ccc(C2CCC(C3CCC(C4CCC(C[SiH3])CC4)CC3)CC2)cc1. The first-order valence-electron chi connectivity index (χ1n) is 12.3. The summed E-state index contributed by atoms with van der Waals surface area (Å²) in [5.74, 6) is 6.28. The fourth-order valence-corrected chi connectivity index (χ4v) is 7.73. The first kappa shape index (κ1) is 19.7. The van der Waals surface area contributed by atoms with Gasteiger partial charge >= 0.3 is 0 Å². The molecule has 0 bridgehead atoms. The summed E-state index contributed by atoms with van der Waals surface area (Å²) in [4.78, 5) is 0. The molecular weight excluding hydrogens is 340 g/mol. The average molecular weight is 383 g/mol. The third kappa shape index (κ3) is 4.89. The third-order valence-electron chi connectivity index (χ3n) is 8.94. The molecule has 0 N–H and O–H groups in total. The molecule has 0 aliphatic heterocycles. The van der Waals surface area contributed by atoms with Crippen LogP contribution < -0.4 is 0 Å². The van der Waals surface area contributed by atoms with Crippen molar-refractivity contribution in [1.29, 1.82) is 0 Å². The Hall–Kier alpha value is -0.563. The molecule has 1 heteroatoms. The highest BCUT2D eigenvalue weighted by Crippen LogP contribution is 2.47. The Kier molecular flexibility index (Phi) is 6.79. The lowest BCUT2D eigenvalue weighted by Crippen LogP contribution is -2.29. The van der Waals surface area contributed by atoms with Crippen LogP contribution in [0, 0.1) is 36.5 Å². The number of hydrogen-bond acceptors (Lipinski definition) is 0. The lowest BCUT2D eigenvalue weighted by atomic mass is 9.65. The van der Waals surface area contributed by atoms with Gasteiger partial charge in [-0.05, 0) is 112 Å². The van der Waals surface area contributed by atoms with E-state index in [0.29, 0.717) is 0 Å². The smallest absolute Gasteiger partial charge is 0.00314 e. The minimum atomic E-state index is 0.843. The number of hydrogen-bond donors (Lipinski definition) is 0. The summed E-state index contributed by atoms with van der Waals surface area (Å²) < 4.78 is 0. The van der Waals surface area contributed by atoms with Gasteiger partial charge in [-0.3, -0.25) is 0 Å². The average Bonchev–Trinajstić information content (AvgIpc) is 2.75. The van der Waals surface area contributed by atoms with E-state index in [1.54, 1.807) is 63.0 Å². The lowest BCUT2D eigenvalue weighted by molar-refractivity contribution is 0.112. The largest absolute Gasteiger partial charge is 0.0631 e. The van der Waals surface area contributed by atoms with Crippen LogP contribution in [0.4, 0.5) is 0 Å². The normalized spacial score (nSPS) is 38.0. The molecular formula is C26H42Si. The van der Waals surface area contributed by atoms with Crippen molar-refractivity contribution in [2.45, 2.75) is 95.9 Å². The third-order valence-corrected chi connectivity index (χ3v) is 10.1. The Morgan fingerprint density at radius 3 is 1.48 bits per heavy atom. The molecule has 3 aliphatic carbocycles. The first-order chi connectivity index (χ1) is 13.2. The molecule has 0 unspecified atom stereocenters. The zero-order valence-electron chi connectivity index (χ0n) is 18.0. The molecule has 0 atom stereocenters. The molecule has 3 fully saturated rings. The van der Waals surface area contributed by atoms with E-state index in [0.717, 1.165) is 35.5 Å². The minimum absolute atomic E-state index is 0.843. The van der Waals surface area contributed by atoms with Gasteiger partial charge in [0.15, 0.2) is 0 Å². The fraction of sp³-hybridized carbons (Fsp3) is 0.769. The standard InChI is InChI=1S/C26H42Si/c1-19-2-6-21(7-3-19)23-10-14-25(15-11-23)26-16-12-24(13-17-26)22-8-4-20(18-27)5-9-22/h2-3,6-7,20,22-26H,4-5,8-18H2,1,27H3. The monoisotopic (exact) mass is 382 g/mol. The molecule has 0 spiro atoms. The zero-order valence-corrected chi connectivity index (χ0v) is 20.0. The number of rotatable bonds is 4. The fourth-order valence-electron chi connectivity index (χ4n) is 6.92. The van der Waals surface area contributed by atoms with E-state index in [2.05, 4.69) is 31.2 Å². The summed E-state index contributed by atoms with van der Waals surface area (Å²) in [6.45, 7) is 2.20. The van der Waals surface area contributed by atoms with Gasteiger partial charge in [0.25, 0.3) is 0 Å². The van der Waals surface area contributed by atoms with Crippen molar-refractivity contribution in [2.75, 3.05) is 0 Å². The second-order valence-corrected chi connectivity index (χ2v) is 11.2. The Morgan fingerprint density at radius 1 is 0.630 bits per heavy atom. The molecule has 4 rings (SSSR count). The topological polar surface area (TPSA) is 0 Å². The van der Waals surface area contributed by atoms with Crippen molar-refractivity contribution >= 4 is 10.2 Å². The summed E-state index contributed by atoms with van der Waals surface area (Å²) in [5, 5.41) is 0. The Bertz CT molecular complexity index is 552. The molecule has 0 heterocycles. The van der Waals surface area contributed by atoms with E-state index in [1.807, 2.05) is 0 Å². The van der Waals surface area contributed by atoms with Crippen LogP contribution >= 0.6 is 0 Å². The van der Waals surface area contributed by atoms with Gasteiger partial charge in [-0.25, -0.2) is 0 Å². The molecule has 0 aromatic heterocycles. The second kappa shape index (κ2) is 9.29. The maximum Gasteiger partial charge on any atom is 0.00314 e. The molecule has 0 amide bonds. The molecule has 3 saturated carbocycles. The highest BCUT2D eigenvalue weighted by molar-refractivity contribution is 6.08. The molecule has 0 nitrogen and oxygen atoms in total. The van der Waals surface area contributed by atoms with Crippen LogP contribution in [0.2, 0.25) is 6.04 Å². The van der Waals surface area contributed by atoms with Gasteiger partial charge in [0, 0.05) is 10.2 Å². The molecule has 3 aliphatic rings. The van der Waals surface area contributed by atoms with E-state index in [4.69, 9.17) is 0 Å². The van der Waals surface area contributed by atoms with Gasteiger partial charge < -0.3 is 0 Å². The summed E-state index contributed by atoms with van der Waals surface area (Å²) in [6, 6.07) is 10.9. The van der Waals surface area contributed by atoms with Crippen molar-refractivity contribution in [1.82, 2.24) is 0 Å². The van der Waals surface area contributed by atoms with Crippen molar-refractivity contribution in [3.63, 3.8) is 0 Å². The van der Waals surface area contributed by atoms with Crippen molar-refractivity contribution < 1.29 is 0 Å². The van der Waals surface area contributed by atoms with Gasteiger partial charge in [0.1, 0.15) is 0 Å². The van der Waals surface area contributed by atoms with Crippen LogP contribution in [0.1, 0.15) is 94.1 Å². The molecule has 0 radical (unpaired) electrons. The predicted octanol–water partition coefficient (Wildman–Crippen LogP) is 6.67. The predicted molar refractivity (Wildman–Crippen MR) is 122 cm³/mol. The van der Waals surface area contributed by atoms with E-state index in [9.17, 15) is 0 Å². The Labute approximate surface area is 171 Å². The van der Waals surface area contributed by atoms with Crippen LogP contribution in [0.5, 0.6) is 0 Å². The summed E-state index contributed by atoms with van der Waals surface area (Å²) in [7, 11) is 1.42. The molecule has 1 aromatic carbocycles. The lowest BCUT2D eigenvalue weighted by Gasteiger charge is -2.41. The summed E-state index contributed by atoms with van der Waals surface area (Å²) in [6.07, 6.45) is 18.4. The van der Waals surface area contributed by atoms with Gasteiger partial charge in [-0.15, -0.1) is 0 Å². The first-order valence-corrected chi connectivity index (χ1v) is 13.7. The van der Waals surface area contributed by atoms with E-state index in [1.165, 1.54) is 41.5 Å². The van der Waals surface area contributed by atoms with E-state index in [-0.39, 0.29) is 0 Å². The van der Waals surface area contributed by atoms with Crippen LogP contribution in [0.15, 0.2) is 24.3 Å². The summed E-state index contributed by atoms with van der Waals surface area (Å²) in [5.41, 5.74) is 3.00. The maximum atomic E-state index is 2.39. The molecule has 27 heavy (non-hydrogen) atoms. The van der Waals surface area contributed by atoms with Crippen LogP contribution in [-0.4, -0.2) is 10.2 Å². The molecule has 0 saturated heterocycles.